The molecule has 1 amide bonds. The molecule has 0 aromatic heterocycles. The smallest absolute Gasteiger partial charge is 0.408 e. The highest BCUT2D eigenvalue weighted by molar-refractivity contribution is 5.68. The first-order valence-corrected chi connectivity index (χ1v) is 5.43. The van der Waals surface area contributed by atoms with Crippen LogP contribution in [0.4, 0.5) is 4.79 Å². The van der Waals surface area contributed by atoms with E-state index in [0.29, 0.717) is 6.54 Å². The van der Waals surface area contributed by atoms with Crippen molar-refractivity contribution in [3.8, 4) is 0 Å². The monoisotopic (exact) mass is 216 g/mol. The Balaban J connectivity index is 4.24. The maximum absolute atomic E-state index is 11.5. The summed E-state index contributed by atoms with van der Waals surface area (Å²) in [5.74, 6) is 0. The summed E-state index contributed by atoms with van der Waals surface area (Å²) in [5.41, 5.74) is 4.80. The molecule has 0 unspecified atom stereocenters. The molecule has 0 saturated heterocycles. The van der Waals surface area contributed by atoms with Gasteiger partial charge in [-0.25, -0.2) is 4.79 Å². The second-order valence-electron chi connectivity index (χ2n) is 5.14. The number of carbonyl (C=O) groups is 1. The molecule has 15 heavy (non-hydrogen) atoms. The zero-order valence-electron chi connectivity index (χ0n) is 10.5. The highest BCUT2D eigenvalue weighted by Gasteiger charge is 2.26. The molecule has 0 heterocycles. The second-order valence-corrected chi connectivity index (χ2v) is 5.14. The molecule has 0 aliphatic heterocycles. The van der Waals surface area contributed by atoms with E-state index < -0.39 is 11.7 Å². The Morgan fingerprint density at radius 3 is 2.20 bits per heavy atom. The first-order chi connectivity index (χ1) is 6.72. The zero-order valence-corrected chi connectivity index (χ0v) is 10.5. The summed E-state index contributed by atoms with van der Waals surface area (Å²) in [6.07, 6.45) is 1.43. The lowest BCUT2D eigenvalue weighted by molar-refractivity contribution is 0.0462. The van der Waals surface area contributed by atoms with Gasteiger partial charge in [0.1, 0.15) is 5.60 Å². The summed E-state index contributed by atoms with van der Waals surface area (Å²) < 4.78 is 5.18. The average molecular weight is 216 g/mol. The van der Waals surface area contributed by atoms with Crippen LogP contribution in [0.1, 0.15) is 47.5 Å². The molecule has 0 aliphatic carbocycles. The largest absolute Gasteiger partial charge is 0.444 e. The second kappa shape index (κ2) is 5.35. The van der Waals surface area contributed by atoms with E-state index in [1.54, 1.807) is 0 Å². The van der Waals surface area contributed by atoms with Gasteiger partial charge >= 0.3 is 6.09 Å². The Hall–Kier alpha value is -0.770. The van der Waals surface area contributed by atoms with Gasteiger partial charge in [-0.3, -0.25) is 0 Å². The molecule has 0 spiro atoms. The van der Waals surface area contributed by atoms with Gasteiger partial charge in [0.25, 0.3) is 0 Å². The fourth-order valence-electron chi connectivity index (χ4n) is 1.32. The van der Waals surface area contributed by atoms with Crippen LogP contribution >= 0.6 is 0 Å². The van der Waals surface area contributed by atoms with Gasteiger partial charge in [-0.05, 0) is 34.1 Å². The Kier molecular flexibility index (Phi) is 5.08. The quantitative estimate of drug-likeness (QED) is 0.755. The van der Waals surface area contributed by atoms with Crippen LogP contribution in [-0.4, -0.2) is 23.8 Å². The number of nitrogens with two attached hydrogens (primary N) is 1. The molecule has 1 atom stereocenters. The van der Waals surface area contributed by atoms with Crippen molar-refractivity contribution >= 4 is 6.09 Å². The molecule has 0 bridgehead atoms. The maximum Gasteiger partial charge on any atom is 0.408 e. The Morgan fingerprint density at radius 2 is 1.87 bits per heavy atom. The van der Waals surface area contributed by atoms with Gasteiger partial charge in [-0.2, -0.15) is 0 Å². The van der Waals surface area contributed by atoms with Crippen LogP contribution in [0.15, 0.2) is 0 Å². The van der Waals surface area contributed by atoms with E-state index in [9.17, 15) is 4.79 Å². The number of ether oxygens (including phenoxy) is 1. The molecule has 0 aromatic carbocycles. The van der Waals surface area contributed by atoms with E-state index in [-0.39, 0.29) is 5.54 Å². The van der Waals surface area contributed by atoms with Crippen molar-refractivity contribution in [2.24, 2.45) is 5.73 Å². The highest BCUT2D eigenvalue weighted by atomic mass is 16.6. The van der Waals surface area contributed by atoms with Crippen LogP contribution < -0.4 is 11.1 Å². The van der Waals surface area contributed by atoms with Gasteiger partial charge in [-0.1, -0.05) is 13.3 Å². The minimum absolute atomic E-state index is 0.364. The van der Waals surface area contributed by atoms with E-state index in [0.717, 1.165) is 12.8 Å². The maximum atomic E-state index is 11.5. The third-order valence-corrected chi connectivity index (χ3v) is 2.06. The molecule has 0 fully saturated rings. The summed E-state index contributed by atoms with van der Waals surface area (Å²) in [6, 6.07) is 0. The van der Waals surface area contributed by atoms with Crippen LogP contribution in [0.3, 0.4) is 0 Å². The first kappa shape index (κ1) is 14.2. The number of amides is 1. The van der Waals surface area contributed by atoms with E-state index in [1.807, 2.05) is 27.7 Å². The van der Waals surface area contributed by atoms with Gasteiger partial charge in [0.15, 0.2) is 0 Å². The first-order valence-electron chi connectivity index (χ1n) is 5.43. The molecule has 0 aromatic rings. The lowest BCUT2D eigenvalue weighted by atomic mass is 9.97. The van der Waals surface area contributed by atoms with Crippen LogP contribution in [0.25, 0.3) is 0 Å². The summed E-state index contributed by atoms with van der Waals surface area (Å²) in [6.45, 7) is 9.93. The van der Waals surface area contributed by atoms with Gasteiger partial charge in [0.2, 0.25) is 0 Å². The summed E-state index contributed by atoms with van der Waals surface area (Å²) >= 11 is 0. The molecule has 4 nitrogen and oxygen atoms in total. The minimum Gasteiger partial charge on any atom is -0.444 e. The third-order valence-electron chi connectivity index (χ3n) is 2.06. The lowest BCUT2D eigenvalue weighted by Crippen LogP contribution is -2.52. The standard InChI is InChI=1S/C11H24N2O2/c1-6-7-11(5,8-12)13-9(14)15-10(2,3)4/h6-8,12H2,1-5H3,(H,13,14)/t11-/m1/s1. The van der Waals surface area contributed by atoms with Crippen molar-refractivity contribution in [3.05, 3.63) is 0 Å². The van der Waals surface area contributed by atoms with Crippen molar-refractivity contribution in [2.45, 2.75) is 58.6 Å². The zero-order chi connectivity index (χ0) is 12.1. The van der Waals surface area contributed by atoms with Crippen LogP contribution in [-0.2, 0) is 4.74 Å². The predicted octanol–water partition coefficient (Wildman–Crippen LogP) is 2.03. The summed E-state index contributed by atoms with van der Waals surface area (Å²) in [4.78, 5) is 11.5. The van der Waals surface area contributed by atoms with Gasteiger partial charge in [-0.15, -0.1) is 0 Å². The van der Waals surface area contributed by atoms with Gasteiger partial charge in [0, 0.05) is 6.54 Å². The van der Waals surface area contributed by atoms with Crippen LogP contribution in [0.2, 0.25) is 0 Å². The van der Waals surface area contributed by atoms with Gasteiger partial charge in [0.05, 0.1) is 5.54 Å². The number of hydrogen-bond acceptors (Lipinski definition) is 3. The average Bonchev–Trinajstić information content (AvgIpc) is 2.00. The molecule has 0 rings (SSSR count). The number of carbonyl (C=O) groups excluding carboxylic acids is 1. The van der Waals surface area contributed by atoms with E-state index in [1.165, 1.54) is 0 Å². The molecule has 0 saturated carbocycles. The fourth-order valence-corrected chi connectivity index (χ4v) is 1.32. The fraction of sp³-hybridized carbons (Fsp3) is 0.909. The number of alkyl carbamates (subject to hydrolysis) is 1. The number of rotatable bonds is 4. The minimum atomic E-state index is -0.466. The Labute approximate surface area is 92.6 Å². The van der Waals surface area contributed by atoms with Crippen molar-refractivity contribution in [2.75, 3.05) is 6.54 Å². The SMILES string of the molecule is CCC[C@](C)(CN)NC(=O)OC(C)(C)C. The Morgan fingerprint density at radius 1 is 1.33 bits per heavy atom. The van der Waals surface area contributed by atoms with E-state index in [4.69, 9.17) is 10.5 Å². The molecule has 3 N–H and O–H groups in total. The van der Waals surface area contributed by atoms with Gasteiger partial charge < -0.3 is 15.8 Å². The lowest BCUT2D eigenvalue weighted by Gasteiger charge is -2.30. The van der Waals surface area contributed by atoms with Crippen molar-refractivity contribution in [1.29, 1.82) is 0 Å². The normalized spacial score (nSPS) is 15.6. The number of hydrogen-bond donors (Lipinski definition) is 2. The van der Waals surface area contributed by atoms with Crippen LogP contribution in [0, 0.1) is 0 Å². The molecule has 0 aliphatic rings. The third kappa shape index (κ3) is 6.33. The van der Waals surface area contributed by atoms with E-state index in [2.05, 4.69) is 12.2 Å². The van der Waals surface area contributed by atoms with E-state index >= 15 is 0 Å². The topological polar surface area (TPSA) is 64.3 Å². The Bertz CT molecular complexity index is 211. The molecule has 4 heteroatoms. The highest BCUT2D eigenvalue weighted by Crippen LogP contribution is 2.13. The summed E-state index contributed by atoms with van der Waals surface area (Å²) in [5, 5.41) is 2.81. The molecular weight excluding hydrogens is 192 g/mol. The summed E-state index contributed by atoms with van der Waals surface area (Å²) in [7, 11) is 0. The number of nitrogens with one attached hydrogen (secondary N) is 1. The predicted molar refractivity (Wildman–Crippen MR) is 61.7 cm³/mol. The van der Waals surface area contributed by atoms with Crippen molar-refractivity contribution < 1.29 is 9.53 Å². The van der Waals surface area contributed by atoms with Crippen molar-refractivity contribution in [1.82, 2.24) is 5.32 Å². The molecular formula is C11H24N2O2. The van der Waals surface area contributed by atoms with Crippen molar-refractivity contribution in [3.63, 3.8) is 0 Å². The molecule has 0 radical (unpaired) electrons. The van der Waals surface area contributed by atoms with Crippen LogP contribution in [0.5, 0.6) is 0 Å². The molecule has 90 valence electrons.